The van der Waals surface area contributed by atoms with E-state index in [0.717, 1.165) is 0 Å². The van der Waals surface area contributed by atoms with Gasteiger partial charge in [-0.15, -0.1) is 0 Å². The third-order valence-electron chi connectivity index (χ3n) is 2.78. The lowest BCUT2D eigenvalue weighted by Crippen LogP contribution is -2.24. The molecule has 4 nitrogen and oxygen atoms in total. The summed E-state index contributed by atoms with van der Waals surface area (Å²) in [5, 5.41) is 0. The molecule has 0 saturated heterocycles. The molecule has 1 atom stereocenters. The normalized spacial score (nSPS) is 12.7. The minimum atomic E-state index is -3.48. The van der Waals surface area contributed by atoms with Crippen LogP contribution in [-0.4, -0.2) is 5.78 Å². The van der Waals surface area contributed by atoms with Crippen molar-refractivity contribution < 1.29 is 13.6 Å². The van der Waals surface area contributed by atoms with Crippen molar-refractivity contribution in [3.63, 3.8) is 0 Å². The number of rotatable bonds is 6. The summed E-state index contributed by atoms with van der Waals surface area (Å²) in [6, 6.07) is 17.8. The standard InChI is InChI=1S/C15H18NO3P/c1-2-15(16)20(17,18-13-9-5-3-6-10-13)19-14-11-7-4-8-12-14/h3-12,15H,2,16H2,1H3. The highest BCUT2D eigenvalue weighted by Gasteiger charge is 2.35. The molecule has 0 aliphatic heterocycles. The quantitative estimate of drug-likeness (QED) is 0.816. The van der Waals surface area contributed by atoms with Gasteiger partial charge in [-0.2, -0.15) is 0 Å². The van der Waals surface area contributed by atoms with E-state index in [1.165, 1.54) is 0 Å². The molecule has 0 aromatic heterocycles. The molecule has 0 heterocycles. The molecule has 0 spiro atoms. The largest absolute Gasteiger partial charge is 0.447 e. The predicted octanol–water partition coefficient (Wildman–Crippen LogP) is 4.03. The van der Waals surface area contributed by atoms with Crippen molar-refractivity contribution >= 4 is 7.60 Å². The van der Waals surface area contributed by atoms with Gasteiger partial charge in [0.15, 0.2) is 0 Å². The SMILES string of the molecule is CCC(N)P(=O)(Oc1ccccc1)Oc1ccccc1. The first kappa shape index (κ1) is 14.6. The lowest BCUT2D eigenvalue weighted by atomic mass is 10.3. The molecule has 0 aliphatic carbocycles. The van der Waals surface area contributed by atoms with Gasteiger partial charge >= 0.3 is 7.60 Å². The Morgan fingerprint density at radius 1 is 0.950 bits per heavy atom. The van der Waals surface area contributed by atoms with Gasteiger partial charge in [0.25, 0.3) is 0 Å². The first-order chi connectivity index (χ1) is 9.64. The Bertz CT molecular complexity index is 529. The Morgan fingerprint density at radius 3 is 1.70 bits per heavy atom. The van der Waals surface area contributed by atoms with Crippen LogP contribution in [0, 0.1) is 0 Å². The molecule has 2 rings (SSSR count). The van der Waals surface area contributed by atoms with Crippen molar-refractivity contribution in [3.05, 3.63) is 60.7 Å². The summed E-state index contributed by atoms with van der Waals surface area (Å²) in [5.74, 6) is 0.286. The van der Waals surface area contributed by atoms with Gasteiger partial charge < -0.3 is 14.8 Å². The summed E-state index contributed by atoms with van der Waals surface area (Å²) >= 11 is 0. The summed E-state index contributed by atoms with van der Waals surface area (Å²) in [6.45, 7) is 1.85. The summed E-state index contributed by atoms with van der Waals surface area (Å²) in [6.07, 6.45) is 0.497. The molecule has 0 aliphatic rings. The minimum Gasteiger partial charge on any atom is -0.415 e. The third-order valence-corrected chi connectivity index (χ3v) is 4.88. The summed E-state index contributed by atoms with van der Waals surface area (Å²) < 4.78 is 24.0. The van der Waals surface area contributed by atoms with Crippen molar-refractivity contribution in [1.82, 2.24) is 0 Å². The maximum Gasteiger partial charge on any atom is 0.447 e. The first-order valence-electron chi connectivity index (χ1n) is 6.48. The Balaban J connectivity index is 2.24. The molecule has 2 aromatic rings. The lowest BCUT2D eigenvalue weighted by Gasteiger charge is -2.24. The van der Waals surface area contributed by atoms with Crippen LogP contribution in [0.3, 0.4) is 0 Å². The Morgan fingerprint density at radius 2 is 1.35 bits per heavy atom. The predicted molar refractivity (Wildman–Crippen MR) is 80.0 cm³/mol. The van der Waals surface area contributed by atoms with E-state index >= 15 is 0 Å². The van der Waals surface area contributed by atoms with Gasteiger partial charge in [-0.1, -0.05) is 43.3 Å². The number of benzene rings is 2. The molecular weight excluding hydrogens is 273 g/mol. The van der Waals surface area contributed by atoms with Crippen LogP contribution in [0.25, 0.3) is 0 Å². The molecule has 106 valence electrons. The number of hydrogen-bond donors (Lipinski definition) is 1. The van der Waals surface area contributed by atoms with E-state index in [-0.39, 0.29) is 0 Å². The maximum atomic E-state index is 12.9. The average molecular weight is 291 g/mol. The van der Waals surface area contributed by atoms with Gasteiger partial charge in [-0.25, -0.2) is 4.57 Å². The van der Waals surface area contributed by atoms with Crippen molar-refractivity contribution in [1.29, 1.82) is 0 Å². The van der Waals surface area contributed by atoms with Gasteiger partial charge in [0, 0.05) is 0 Å². The molecule has 20 heavy (non-hydrogen) atoms. The molecular formula is C15H18NO3P. The molecule has 0 amide bonds. The monoisotopic (exact) mass is 291 g/mol. The minimum absolute atomic E-state index is 0.482. The van der Waals surface area contributed by atoms with E-state index in [0.29, 0.717) is 17.9 Å². The fourth-order valence-corrected chi connectivity index (χ4v) is 3.22. The van der Waals surface area contributed by atoms with Crippen molar-refractivity contribution in [2.45, 2.75) is 19.1 Å². The van der Waals surface area contributed by atoms with E-state index in [4.69, 9.17) is 14.8 Å². The van der Waals surface area contributed by atoms with Crippen molar-refractivity contribution in [3.8, 4) is 11.5 Å². The maximum absolute atomic E-state index is 12.9. The summed E-state index contributed by atoms with van der Waals surface area (Å²) in [4.78, 5) is 0. The highest BCUT2D eigenvalue weighted by molar-refractivity contribution is 7.55. The van der Waals surface area contributed by atoms with E-state index in [1.54, 1.807) is 48.5 Å². The van der Waals surface area contributed by atoms with Crippen molar-refractivity contribution in [2.24, 2.45) is 5.73 Å². The molecule has 0 bridgehead atoms. The zero-order chi connectivity index (χ0) is 14.4. The Labute approximate surface area is 119 Å². The molecule has 0 fully saturated rings. The number of nitrogens with two attached hydrogens (primary N) is 1. The van der Waals surface area contributed by atoms with Crippen LogP contribution in [0.15, 0.2) is 60.7 Å². The topological polar surface area (TPSA) is 61.6 Å². The summed E-state index contributed by atoms with van der Waals surface area (Å²) in [5.41, 5.74) is 5.93. The van der Waals surface area contributed by atoms with Gasteiger partial charge in [0.05, 0.1) is 0 Å². The van der Waals surface area contributed by atoms with Gasteiger partial charge in [0.1, 0.15) is 17.3 Å². The van der Waals surface area contributed by atoms with E-state index < -0.39 is 13.4 Å². The first-order valence-corrected chi connectivity index (χ1v) is 8.10. The van der Waals surface area contributed by atoms with Crippen LogP contribution < -0.4 is 14.8 Å². The zero-order valence-electron chi connectivity index (χ0n) is 11.3. The second-order valence-corrected chi connectivity index (χ2v) is 6.43. The number of para-hydroxylation sites is 2. The van der Waals surface area contributed by atoms with E-state index in [2.05, 4.69) is 0 Å². The highest BCUT2D eigenvalue weighted by atomic mass is 31.2. The fraction of sp³-hybridized carbons (Fsp3) is 0.200. The molecule has 2 N–H and O–H groups in total. The van der Waals surface area contributed by atoms with Gasteiger partial charge in [-0.05, 0) is 30.7 Å². The van der Waals surface area contributed by atoms with Crippen molar-refractivity contribution in [2.75, 3.05) is 0 Å². The lowest BCUT2D eigenvalue weighted by molar-refractivity contribution is 0.370. The van der Waals surface area contributed by atoms with Gasteiger partial charge in [-0.3, -0.25) is 0 Å². The van der Waals surface area contributed by atoms with Crippen LogP contribution in [0.1, 0.15) is 13.3 Å². The van der Waals surface area contributed by atoms with Crippen LogP contribution in [0.5, 0.6) is 11.5 Å². The third kappa shape index (κ3) is 3.62. The fourth-order valence-electron chi connectivity index (χ4n) is 1.63. The van der Waals surface area contributed by atoms with Crippen LogP contribution in [0.4, 0.5) is 0 Å². The second kappa shape index (κ2) is 6.60. The van der Waals surface area contributed by atoms with E-state index in [1.807, 2.05) is 19.1 Å². The Hall–Kier alpha value is -1.77. The number of hydrogen-bond acceptors (Lipinski definition) is 4. The highest BCUT2D eigenvalue weighted by Crippen LogP contribution is 2.51. The second-order valence-electron chi connectivity index (χ2n) is 4.32. The Kier molecular flexibility index (Phi) is 4.83. The van der Waals surface area contributed by atoms with Gasteiger partial charge in [0.2, 0.25) is 0 Å². The zero-order valence-corrected chi connectivity index (χ0v) is 12.2. The van der Waals surface area contributed by atoms with Crippen LogP contribution in [0.2, 0.25) is 0 Å². The van der Waals surface area contributed by atoms with E-state index in [9.17, 15) is 4.57 Å². The summed E-state index contributed by atoms with van der Waals surface area (Å²) in [7, 11) is -3.48. The molecule has 5 heteroatoms. The molecule has 0 saturated carbocycles. The molecule has 0 radical (unpaired) electrons. The smallest absolute Gasteiger partial charge is 0.415 e. The van der Waals surface area contributed by atoms with Crippen LogP contribution in [-0.2, 0) is 4.57 Å². The molecule has 2 aromatic carbocycles. The molecule has 1 unspecified atom stereocenters. The average Bonchev–Trinajstić information content (AvgIpc) is 2.48. The van der Waals surface area contributed by atoms with Crippen LogP contribution >= 0.6 is 7.60 Å².